The summed E-state index contributed by atoms with van der Waals surface area (Å²) in [7, 11) is 0. The van der Waals surface area contributed by atoms with Crippen LogP contribution in [-0.4, -0.2) is 6.71 Å². The van der Waals surface area contributed by atoms with E-state index in [4.69, 9.17) is 0 Å². The van der Waals surface area contributed by atoms with Gasteiger partial charge >= 0.3 is 0 Å². The molecule has 74 heavy (non-hydrogen) atoms. The second-order valence-corrected chi connectivity index (χ2v) is 24.6. The molecule has 1 aliphatic carbocycles. The van der Waals surface area contributed by atoms with Gasteiger partial charge in [-0.2, -0.15) is 0 Å². The molecule has 0 fully saturated rings. The van der Waals surface area contributed by atoms with Crippen LogP contribution in [0.2, 0.25) is 0 Å². The smallest absolute Gasteiger partial charge is 0.252 e. The maximum absolute atomic E-state index is 2.69. The van der Waals surface area contributed by atoms with Gasteiger partial charge in [0.25, 0.3) is 6.71 Å². The van der Waals surface area contributed by atoms with Crippen LogP contribution < -0.4 is 31.1 Å². The molecular weight excluding hydrogens is 894 g/mol. The molecule has 0 amide bonds. The molecule has 0 radical (unpaired) electrons. The molecule has 0 spiro atoms. The van der Waals surface area contributed by atoms with E-state index in [1.807, 2.05) is 0 Å². The van der Waals surface area contributed by atoms with Crippen LogP contribution in [0.25, 0.3) is 22.3 Å². The highest BCUT2D eigenvalue weighted by molar-refractivity contribution is 7.00. The van der Waals surface area contributed by atoms with E-state index < -0.39 is 0 Å². The Labute approximate surface area is 441 Å². The molecule has 4 heteroatoms. The molecular formula is C70H68BN3. The molecule has 0 unspecified atom stereocenters. The summed E-state index contributed by atoms with van der Waals surface area (Å²) >= 11 is 0. The van der Waals surface area contributed by atoms with Crippen molar-refractivity contribution in [1.82, 2.24) is 0 Å². The van der Waals surface area contributed by atoms with Gasteiger partial charge in [-0.05, 0) is 169 Å². The van der Waals surface area contributed by atoms with E-state index in [0.29, 0.717) is 0 Å². The maximum Gasteiger partial charge on any atom is 0.252 e. The van der Waals surface area contributed by atoms with E-state index >= 15 is 0 Å². The Balaban J connectivity index is 1.23. The van der Waals surface area contributed by atoms with E-state index in [1.165, 1.54) is 101 Å². The molecule has 0 aromatic heterocycles. The summed E-state index contributed by atoms with van der Waals surface area (Å²) in [6.45, 7) is 26.2. The number of rotatable bonds is 7. The van der Waals surface area contributed by atoms with Crippen LogP contribution >= 0.6 is 0 Å². The van der Waals surface area contributed by atoms with Gasteiger partial charge < -0.3 is 14.7 Å². The van der Waals surface area contributed by atoms with E-state index in [1.54, 1.807) is 0 Å². The number of nitrogens with zero attached hydrogens (tertiary/aromatic N) is 3. The van der Waals surface area contributed by atoms with Crippen molar-refractivity contribution in [3.8, 4) is 22.3 Å². The highest BCUT2D eigenvalue weighted by Crippen LogP contribution is 2.54. The molecule has 0 saturated heterocycles. The average molecular weight is 962 g/mol. The SMILES string of the molecule is Cc1ccc(-c2ccccc2)cc1N1c2cc(N(c3ccccc3)c3ccccc3)ccc2B2c3cc4c(cc3N(c3ccc(C(C)(C)C)cc3-c3ccccc3)c3cc(C(C)(C)C)cc1c32)C(C)(C)CC4(C)C. The molecule has 366 valence electrons. The van der Waals surface area contributed by atoms with Crippen LogP contribution in [0, 0.1) is 6.92 Å². The van der Waals surface area contributed by atoms with Crippen LogP contribution in [-0.2, 0) is 21.7 Å². The molecule has 9 aromatic rings. The molecule has 3 nitrogen and oxygen atoms in total. The topological polar surface area (TPSA) is 9.72 Å². The van der Waals surface area contributed by atoms with Gasteiger partial charge in [-0.3, -0.25) is 0 Å². The molecule has 2 aliphatic heterocycles. The molecule has 0 saturated carbocycles. The number of anilines is 9. The predicted octanol–water partition coefficient (Wildman–Crippen LogP) is 17.4. The summed E-state index contributed by atoms with van der Waals surface area (Å²) in [5.74, 6) is 0. The quantitative estimate of drug-likeness (QED) is 0.147. The van der Waals surface area contributed by atoms with Gasteiger partial charge in [-0.15, -0.1) is 0 Å². The van der Waals surface area contributed by atoms with Crippen LogP contribution in [0.3, 0.4) is 0 Å². The molecule has 9 aromatic carbocycles. The lowest BCUT2D eigenvalue weighted by Crippen LogP contribution is -2.61. The fraction of sp³-hybridized carbons (Fsp3) is 0.229. The van der Waals surface area contributed by atoms with Crippen molar-refractivity contribution >= 4 is 74.3 Å². The Morgan fingerprint density at radius 3 is 1.51 bits per heavy atom. The summed E-state index contributed by atoms with van der Waals surface area (Å²) in [6, 6.07) is 75.7. The van der Waals surface area contributed by atoms with Crippen molar-refractivity contribution < 1.29 is 0 Å². The van der Waals surface area contributed by atoms with E-state index in [2.05, 4.69) is 291 Å². The first-order chi connectivity index (χ1) is 35.4. The highest BCUT2D eigenvalue weighted by atomic mass is 15.2. The van der Waals surface area contributed by atoms with Crippen LogP contribution in [0.15, 0.2) is 200 Å². The Kier molecular flexibility index (Phi) is 11.1. The standard InChI is InChI=1S/C70H68BN3/c1-46-32-33-49(47-24-16-12-17-25-47)38-61(46)74-62-42-54(72(52-28-20-14-21-29-52)53-30-22-15-23-31-53)35-36-58(62)71-59-43-56-57(70(10,11)45-69(56,8)9)44-63(59)73(64-40-51(68(5,6)7)41-65(74)66(64)71)60-37-34-50(67(2,3)4)39-55(60)48-26-18-13-19-27-48/h12-44H,45H2,1-11H3. The van der Waals surface area contributed by atoms with Crippen LogP contribution in [0.5, 0.6) is 0 Å². The normalized spacial score (nSPS) is 15.0. The Morgan fingerprint density at radius 2 is 0.932 bits per heavy atom. The monoisotopic (exact) mass is 962 g/mol. The first-order valence-electron chi connectivity index (χ1n) is 26.8. The van der Waals surface area contributed by atoms with E-state index in [9.17, 15) is 0 Å². The van der Waals surface area contributed by atoms with Crippen LogP contribution in [0.1, 0.15) is 103 Å². The van der Waals surface area contributed by atoms with Gasteiger partial charge in [-0.1, -0.05) is 197 Å². The van der Waals surface area contributed by atoms with Crippen molar-refractivity contribution in [2.24, 2.45) is 0 Å². The Hall–Kier alpha value is -7.56. The third kappa shape index (κ3) is 7.88. The van der Waals surface area contributed by atoms with Crippen LogP contribution in [0.4, 0.5) is 51.2 Å². The fourth-order valence-corrected chi connectivity index (χ4v) is 12.8. The minimum absolute atomic E-state index is 0.00427. The molecule has 2 heterocycles. The highest BCUT2D eigenvalue weighted by Gasteiger charge is 2.49. The summed E-state index contributed by atoms with van der Waals surface area (Å²) in [6.07, 6.45) is 1.09. The largest absolute Gasteiger partial charge is 0.311 e. The van der Waals surface area contributed by atoms with E-state index in [-0.39, 0.29) is 28.4 Å². The minimum atomic E-state index is -0.179. The molecule has 0 bridgehead atoms. The van der Waals surface area contributed by atoms with Gasteiger partial charge in [0.05, 0.1) is 5.69 Å². The zero-order valence-corrected chi connectivity index (χ0v) is 45.2. The first kappa shape index (κ1) is 47.4. The van der Waals surface area contributed by atoms with Crippen molar-refractivity contribution in [2.75, 3.05) is 14.7 Å². The minimum Gasteiger partial charge on any atom is -0.311 e. The number of aryl methyl sites for hydroxylation is 1. The second kappa shape index (κ2) is 17.3. The summed E-state index contributed by atoms with van der Waals surface area (Å²) in [4.78, 5) is 7.75. The molecule has 0 atom stereocenters. The predicted molar refractivity (Wildman–Crippen MR) is 319 cm³/mol. The fourth-order valence-electron chi connectivity index (χ4n) is 12.8. The lowest BCUT2D eigenvalue weighted by Gasteiger charge is -2.46. The molecule has 3 aliphatic rings. The Bertz CT molecular complexity index is 3580. The molecule has 0 N–H and O–H groups in total. The first-order valence-corrected chi connectivity index (χ1v) is 26.8. The summed E-state index contributed by atoms with van der Waals surface area (Å²) in [5, 5.41) is 0. The molecule has 12 rings (SSSR count). The number of hydrogen-bond donors (Lipinski definition) is 0. The van der Waals surface area contributed by atoms with Gasteiger partial charge in [0.15, 0.2) is 0 Å². The van der Waals surface area contributed by atoms with Crippen molar-refractivity contribution in [3.05, 3.63) is 228 Å². The van der Waals surface area contributed by atoms with Gasteiger partial charge in [0.1, 0.15) is 0 Å². The lowest BCUT2D eigenvalue weighted by molar-refractivity contribution is 0.403. The van der Waals surface area contributed by atoms with Gasteiger partial charge in [0, 0.05) is 51.1 Å². The van der Waals surface area contributed by atoms with Crippen molar-refractivity contribution in [3.63, 3.8) is 0 Å². The lowest BCUT2D eigenvalue weighted by atomic mass is 9.33. The number of fused-ring (bicyclic) bond motifs is 5. The van der Waals surface area contributed by atoms with Crippen molar-refractivity contribution in [2.45, 2.75) is 104 Å². The number of hydrogen-bond acceptors (Lipinski definition) is 3. The second-order valence-electron chi connectivity index (χ2n) is 24.6. The third-order valence-electron chi connectivity index (χ3n) is 16.4. The third-order valence-corrected chi connectivity index (χ3v) is 16.4. The summed E-state index contributed by atoms with van der Waals surface area (Å²) in [5.41, 5.74) is 26.0. The van der Waals surface area contributed by atoms with Gasteiger partial charge in [0.2, 0.25) is 0 Å². The zero-order chi connectivity index (χ0) is 51.5. The van der Waals surface area contributed by atoms with Crippen molar-refractivity contribution in [1.29, 1.82) is 0 Å². The van der Waals surface area contributed by atoms with E-state index in [0.717, 1.165) is 23.5 Å². The number of benzene rings is 9. The maximum atomic E-state index is 2.69. The average Bonchev–Trinajstić information content (AvgIpc) is 3.57. The zero-order valence-electron chi connectivity index (χ0n) is 45.2. The Morgan fingerprint density at radius 1 is 0.405 bits per heavy atom. The van der Waals surface area contributed by atoms with Gasteiger partial charge in [-0.25, -0.2) is 0 Å². The number of para-hydroxylation sites is 2. The summed E-state index contributed by atoms with van der Waals surface area (Å²) < 4.78 is 0.